The van der Waals surface area contributed by atoms with Crippen LogP contribution in [0.3, 0.4) is 0 Å². The lowest BCUT2D eigenvalue weighted by Crippen LogP contribution is -2.07. The molecule has 29 heavy (non-hydrogen) atoms. The van der Waals surface area contributed by atoms with E-state index in [9.17, 15) is 0 Å². The molecule has 0 aliphatic rings. The van der Waals surface area contributed by atoms with E-state index < -0.39 is 0 Å². The first-order valence-corrected chi connectivity index (χ1v) is 10.2. The molecule has 0 fully saturated rings. The Bertz CT molecular complexity index is 1230. The van der Waals surface area contributed by atoms with Crippen molar-refractivity contribution in [2.45, 2.75) is 6.42 Å². The number of fused-ring (bicyclic) bond motifs is 1. The average Bonchev–Trinajstić information content (AvgIpc) is 3.47. The van der Waals surface area contributed by atoms with Crippen LogP contribution >= 0.6 is 11.3 Å². The lowest BCUT2D eigenvalue weighted by Gasteiger charge is -2.09. The molecule has 2 aromatic carbocycles. The summed E-state index contributed by atoms with van der Waals surface area (Å²) >= 11 is 1.76. The Morgan fingerprint density at radius 3 is 2.52 bits per heavy atom. The molecule has 1 N–H and O–H groups in total. The first-order chi connectivity index (χ1) is 14.4. The van der Waals surface area contributed by atoms with E-state index >= 15 is 0 Å². The fourth-order valence-electron chi connectivity index (χ4n) is 3.08. The van der Waals surface area contributed by atoms with Crippen LogP contribution in [0.25, 0.3) is 34.1 Å². The van der Waals surface area contributed by atoms with Gasteiger partial charge in [-0.2, -0.15) is 0 Å². The van der Waals surface area contributed by atoms with Crippen LogP contribution in [0, 0.1) is 0 Å². The van der Waals surface area contributed by atoms with Gasteiger partial charge in [0.25, 0.3) is 5.89 Å². The van der Waals surface area contributed by atoms with Gasteiger partial charge in [-0.1, -0.05) is 36.4 Å². The van der Waals surface area contributed by atoms with Crippen molar-refractivity contribution >= 4 is 28.1 Å². The third-order valence-electron chi connectivity index (χ3n) is 4.48. The number of benzene rings is 2. The summed E-state index contributed by atoms with van der Waals surface area (Å²) in [5.41, 5.74) is 1.69. The summed E-state index contributed by atoms with van der Waals surface area (Å²) in [6, 6.07) is 21.8. The highest BCUT2D eigenvalue weighted by molar-refractivity contribution is 7.09. The number of aromatic nitrogens is 4. The Balaban J connectivity index is 1.47. The van der Waals surface area contributed by atoms with Gasteiger partial charge >= 0.3 is 0 Å². The van der Waals surface area contributed by atoms with Crippen LogP contribution in [0.5, 0.6) is 0 Å². The smallest absolute Gasteiger partial charge is 0.286 e. The van der Waals surface area contributed by atoms with Crippen LogP contribution in [0.1, 0.15) is 4.88 Å². The number of nitrogens with zero attached hydrogens (tertiary/aromatic N) is 4. The normalized spacial score (nSPS) is 11.0. The maximum Gasteiger partial charge on any atom is 0.286 e. The van der Waals surface area contributed by atoms with Crippen molar-refractivity contribution in [2.75, 3.05) is 11.9 Å². The van der Waals surface area contributed by atoms with E-state index in [2.05, 4.69) is 43.0 Å². The van der Waals surface area contributed by atoms with Gasteiger partial charge in [0.1, 0.15) is 5.82 Å². The standard InChI is InChI=1S/C22H17N5OS/c1-2-7-15(8-3-1)21-26-27-22(28-21)20-24-18-11-5-4-10-17(18)19(25-20)23-13-12-16-9-6-14-29-16/h1-11,14H,12-13H2,(H,23,24,25). The maximum absolute atomic E-state index is 5.85. The summed E-state index contributed by atoms with van der Waals surface area (Å²) in [5.74, 6) is 1.93. The van der Waals surface area contributed by atoms with E-state index in [1.807, 2.05) is 54.6 Å². The third kappa shape index (κ3) is 3.72. The Morgan fingerprint density at radius 2 is 1.66 bits per heavy atom. The van der Waals surface area contributed by atoms with Crippen molar-refractivity contribution in [1.29, 1.82) is 0 Å². The minimum atomic E-state index is 0.302. The van der Waals surface area contributed by atoms with Crippen LogP contribution in [0.2, 0.25) is 0 Å². The number of hydrogen-bond acceptors (Lipinski definition) is 7. The molecule has 0 amide bonds. The third-order valence-corrected chi connectivity index (χ3v) is 5.42. The fraction of sp³-hybridized carbons (Fsp3) is 0.0909. The molecule has 0 atom stereocenters. The molecular weight excluding hydrogens is 382 g/mol. The van der Waals surface area contributed by atoms with Crippen LogP contribution in [-0.4, -0.2) is 26.7 Å². The van der Waals surface area contributed by atoms with Crippen LogP contribution < -0.4 is 5.32 Å². The number of para-hydroxylation sites is 1. The highest BCUT2D eigenvalue weighted by Crippen LogP contribution is 2.26. The Hall–Kier alpha value is -3.58. The predicted molar refractivity (Wildman–Crippen MR) is 115 cm³/mol. The van der Waals surface area contributed by atoms with Gasteiger partial charge in [0.15, 0.2) is 0 Å². The lowest BCUT2D eigenvalue weighted by atomic mass is 10.2. The minimum absolute atomic E-state index is 0.302. The second-order valence-electron chi connectivity index (χ2n) is 6.45. The molecule has 0 radical (unpaired) electrons. The molecule has 0 aliphatic carbocycles. The largest absolute Gasteiger partial charge is 0.413 e. The second kappa shape index (κ2) is 7.81. The number of anilines is 1. The van der Waals surface area contributed by atoms with E-state index in [4.69, 9.17) is 4.42 Å². The van der Waals surface area contributed by atoms with Gasteiger partial charge in [0, 0.05) is 22.4 Å². The Labute approximate surface area is 171 Å². The summed E-state index contributed by atoms with van der Waals surface area (Å²) in [4.78, 5) is 10.6. The first-order valence-electron chi connectivity index (χ1n) is 9.29. The molecule has 0 unspecified atom stereocenters. The highest BCUT2D eigenvalue weighted by atomic mass is 32.1. The summed E-state index contributed by atoms with van der Waals surface area (Å²) in [7, 11) is 0. The molecule has 5 aromatic rings. The van der Waals surface area contributed by atoms with Gasteiger partial charge in [0.05, 0.1) is 5.52 Å². The van der Waals surface area contributed by atoms with E-state index in [-0.39, 0.29) is 0 Å². The van der Waals surface area contributed by atoms with Crippen molar-refractivity contribution in [2.24, 2.45) is 0 Å². The van der Waals surface area contributed by atoms with E-state index in [1.54, 1.807) is 11.3 Å². The predicted octanol–water partition coefficient (Wildman–Crippen LogP) is 5.06. The van der Waals surface area contributed by atoms with Gasteiger partial charge in [-0.05, 0) is 42.1 Å². The molecule has 7 heteroatoms. The van der Waals surface area contributed by atoms with Gasteiger partial charge < -0.3 is 9.73 Å². The fourth-order valence-corrected chi connectivity index (χ4v) is 3.79. The van der Waals surface area contributed by atoms with Crippen molar-refractivity contribution in [3.8, 4) is 23.2 Å². The van der Waals surface area contributed by atoms with Crippen molar-refractivity contribution < 1.29 is 4.42 Å². The monoisotopic (exact) mass is 399 g/mol. The molecule has 0 spiro atoms. The number of nitrogens with one attached hydrogen (secondary N) is 1. The minimum Gasteiger partial charge on any atom is -0.413 e. The Kier molecular flexibility index (Phi) is 4.72. The van der Waals surface area contributed by atoms with Crippen molar-refractivity contribution in [3.63, 3.8) is 0 Å². The molecule has 0 saturated heterocycles. The van der Waals surface area contributed by atoms with Gasteiger partial charge in [0.2, 0.25) is 11.7 Å². The van der Waals surface area contributed by atoms with Gasteiger partial charge in [-0.3, -0.25) is 0 Å². The second-order valence-corrected chi connectivity index (χ2v) is 7.48. The van der Waals surface area contributed by atoms with Gasteiger partial charge in [-0.15, -0.1) is 21.5 Å². The van der Waals surface area contributed by atoms with E-state index in [0.29, 0.717) is 17.6 Å². The highest BCUT2D eigenvalue weighted by Gasteiger charge is 2.16. The van der Waals surface area contributed by atoms with Crippen molar-refractivity contribution in [3.05, 3.63) is 77.0 Å². The number of thiophene rings is 1. The molecule has 0 saturated carbocycles. The summed E-state index contributed by atoms with van der Waals surface area (Å²) < 4.78 is 5.85. The topological polar surface area (TPSA) is 76.7 Å². The van der Waals surface area contributed by atoms with E-state index in [1.165, 1.54) is 4.88 Å². The summed E-state index contributed by atoms with van der Waals surface area (Å²) in [6.45, 7) is 0.778. The molecule has 6 nitrogen and oxygen atoms in total. The summed E-state index contributed by atoms with van der Waals surface area (Å²) in [6.07, 6.45) is 0.935. The van der Waals surface area contributed by atoms with Crippen LogP contribution in [0.15, 0.2) is 76.5 Å². The lowest BCUT2D eigenvalue weighted by molar-refractivity contribution is 0.579. The van der Waals surface area contributed by atoms with E-state index in [0.717, 1.165) is 35.2 Å². The van der Waals surface area contributed by atoms with Crippen molar-refractivity contribution in [1.82, 2.24) is 20.2 Å². The number of rotatable bonds is 6. The molecule has 0 bridgehead atoms. The zero-order chi connectivity index (χ0) is 19.5. The molecular formula is C22H17N5OS. The molecule has 142 valence electrons. The zero-order valence-corrected chi connectivity index (χ0v) is 16.3. The van der Waals surface area contributed by atoms with Crippen LogP contribution in [0.4, 0.5) is 5.82 Å². The maximum atomic E-state index is 5.85. The first kappa shape index (κ1) is 17.5. The number of hydrogen-bond donors (Lipinski definition) is 1. The Morgan fingerprint density at radius 1 is 0.828 bits per heavy atom. The molecule has 5 rings (SSSR count). The quantitative estimate of drug-likeness (QED) is 0.430. The summed E-state index contributed by atoms with van der Waals surface area (Å²) in [5, 5.41) is 14.8. The molecule has 3 aromatic heterocycles. The van der Waals surface area contributed by atoms with Crippen LogP contribution in [-0.2, 0) is 6.42 Å². The van der Waals surface area contributed by atoms with Gasteiger partial charge in [-0.25, -0.2) is 9.97 Å². The zero-order valence-electron chi connectivity index (χ0n) is 15.4. The SMILES string of the molecule is c1ccc(-c2nnc(-c3nc(NCCc4cccs4)c4ccccc4n3)o2)cc1. The average molecular weight is 399 g/mol. The molecule has 3 heterocycles. The molecule has 0 aliphatic heterocycles.